The number of rotatable bonds is 2. The molecule has 1 fully saturated rings. The quantitative estimate of drug-likeness (QED) is 0.844. The average molecular weight is 275 g/mol. The summed E-state index contributed by atoms with van der Waals surface area (Å²) >= 11 is 1.74. The van der Waals surface area contributed by atoms with Crippen LogP contribution in [0.4, 0.5) is 5.95 Å². The molecule has 4 nitrogen and oxygen atoms in total. The first-order valence-electron chi connectivity index (χ1n) is 6.44. The molecule has 1 saturated heterocycles. The highest BCUT2D eigenvalue weighted by Crippen LogP contribution is 2.27. The lowest BCUT2D eigenvalue weighted by molar-refractivity contribution is 0.0415. The monoisotopic (exact) mass is 275 g/mol. The number of anilines is 1. The summed E-state index contributed by atoms with van der Waals surface area (Å²) in [4.78, 5) is 12.6. The Morgan fingerprint density at radius 2 is 2.11 bits per heavy atom. The molecule has 0 radical (unpaired) electrons. The summed E-state index contributed by atoms with van der Waals surface area (Å²) < 4.78 is 5.85. The van der Waals surface area contributed by atoms with Gasteiger partial charge in [0.15, 0.2) is 0 Å². The van der Waals surface area contributed by atoms with Crippen LogP contribution in [0, 0.1) is 13.8 Å². The van der Waals surface area contributed by atoms with Crippen molar-refractivity contribution in [2.75, 3.05) is 24.6 Å². The van der Waals surface area contributed by atoms with Gasteiger partial charge in [-0.2, -0.15) is 0 Å². The Kier molecular flexibility index (Phi) is 3.48. The van der Waals surface area contributed by atoms with Crippen molar-refractivity contribution >= 4 is 17.3 Å². The molecule has 2 aromatic rings. The van der Waals surface area contributed by atoms with E-state index in [2.05, 4.69) is 32.4 Å². The second-order valence-corrected chi connectivity index (χ2v) is 5.75. The second-order valence-electron chi connectivity index (χ2n) is 4.77. The number of hydrogen-bond donors (Lipinski definition) is 0. The van der Waals surface area contributed by atoms with Crippen LogP contribution < -0.4 is 4.90 Å². The van der Waals surface area contributed by atoms with E-state index >= 15 is 0 Å². The van der Waals surface area contributed by atoms with Crippen LogP contribution in [0.3, 0.4) is 0 Å². The SMILES string of the molecule is Cc1cc(C)nc(N2CCOC(c3cccs3)C2)n1. The summed E-state index contributed by atoms with van der Waals surface area (Å²) in [5.41, 5.74) is 2.03. The van der Waals surface area contributed by atoms with Crippen molar-refractivity contribution in [1.29, 1.82) is 0 Å². The lowest BCUT2D eigenvalue weighted by atomic mass is 10.2. The molecular weight excluding hydrogens is 258 g/mol. The highest BCUT2D eigenvalue weighted by atomic mass is 32.1. The molecule has 0 aromatic carbocycles. The number of hydrogen-bond acceptors (Lipinski definition) is 5. The van der Waals surface area contributed by atoms with Gasteiger partial charge in [-0.1, -0.05) is 6.07 Å². The third-order valence-corrected chi connectivity index (χ3v) is 4.14. The Morgan fingerprint density at radius 3 is 2.79 bits per heavy atom. The lowest BCUT2D eigenvalue weighted by Gasteiger charge is -2.32. The van der Waals surface area contributed by atoms with Gasteiger partial charge in [-0.15, -0.1) is 11.3 Å². The van der Waals surface area contributed by atoms with Crippen LogP contribution >= 0.6 is 11.3 Å². The molecular formula is C14H17N3OS. The zero-order chi connectivity index (χ0) is 13.2. The van der Waals surface area contributed by atoms with Crippen molar-refractivity contribution in [2.45, 2.75) is 20.0 Å². The summed E-state index contributed by atoms with van der Waals surface area (Å²) in [5.74, 6) is 0.822. The highest BCUT2D eigenvalue weighted by molar-refractivity contribution is 7.10. The molecule has 0 spiro atoms. The number of thiophene rings is 1. The van der Waals surface area contributed by atoms with Crippen LogP contribution in [0.15, 0.2) is 23.6 Å². The summed E-state index contributed by atoms with van der Waals surface area (Å²) in [6.45, 7) is 6.41. The maximum atomic E-state index is 5.85. The predicted molar refractivity (Wildman–Crippen MR) is 76.7 cm³/mol. The van der Waals surface area contributed by atoms with E-state index in [9.17, 15) is 0 Å². The van der Waals surface area contributed by atoms with E-state index in [0.29, 0.717) is 0 Å². The predicted octanol–water partition coefficient (Wildman–Crippen LogP) is 2.73. The van der Waals surface area contributed by atoms with Crippen LogP contribution in [0.2, 0.25) is 0 Å². The van der Waals surface area contributed by atoms with E-state index in [0.717, 1.165) is 37.0 Å². The Hall–Kier alpha value is -1.46. The zero-order valence-electron chi connectivity index (χ0n) is 11.2. The third kappa shape index (κ3) is 2.77. The van der Waals surface area contributed by atoms with Crippen LogP contribution in [-0.4, -0.2) is 29.7 Å². The molecule has 3 heterocycles. The van der Waals surface area contributed by atoms with E-state index in [1.54, 1.807) is 11.3 Å². The van der Waals surface area contributed by atoms with Crippen molar-refractivity contribution < 1.29 is 4.74 Å². The van der Waals surface area contributed by atoms with Crippen LogP contribution in [0.1, 0.15) is 22.4 Å². The average Bonchev–Trinajstić information content (AvgIpc) is 2.92. The number of aryl methyl sites for hydroxylation is 2. The molecule has 2 aromatic heterocycles. The Balaban J connectivity index is 1.81. The number of nitrogens with zero attached hydrogens (tertiary/aromatic N) is 3. The number of morpholine rings is 1. The molecule has 19 heavy (non-hydrogen) atoms. The van der Waals surface area contributed by atoms with Gasteiger partial charge >= 0.3 is 0 Å². The fraction of sp³-hybridized carbons (Fsp3) is 0.429. The first-order chi connectivity index (χ1) is 9.22. The summed E-state index contributed by atoms with van der Waals surface area (Å²) in [6.07, 6.45) is 0.137. The van der Waals surface area contributed by atoms with Gasteiger partial charge in [0.25, 0.3) is 0 Å². The van der Waals surface area contributed by atoms with Crippen molar-refractivity contribution in [3.63, 3.8) is 0 Å². The van der Waals surface area contributed by atoms with Crippen molar-refractivity contribution in [2.24, 2.45) is 0 Å². The molecule has 1 unspecified atom stereocenters. The van der Waals surface area contributed by atoms with E-state index < -0.39 is 0 Å². The van der Waals surface area contributed by atoms with Gasteiger partial charge in [-0.05, 0) is 31.4 Å². The lowest BCUT2D eigenvalue weighted by Crippen LogP contribution is -2.39. The molecule has 1 aliphatic rings. The van der Waals surface area contributed by atoms with Crippen LogP contribution in [-0.2, 0) is 4.74 Å². The summed E-state index contributed by atoms with van der Waals surface area (Å²) in [6, 6.07) is 6.19. The maximum Gasteiger partial charge on any atom is 0.225 e. The zero-order valence-corrected chi connectivity index (χ0v) is 12.0. The van der Waals surface area contributed by atoms with E-state index in [4.69, 9.17) is 4.74 Å². The Morgan fingerprint density at radius 1 is 1.32 bits per heavy atom. The molecule has 0 saturated carbocycles. The number of aromatic nitrogens is 2. The van der Waals surface area contributed by atoms with Crippen molar-refractivity contribution in [1.82, 2.24) is 9.97 Å². The highest BCUT2D eigenvalue weighted by Gasteiger charge is 2.24. The molecule has 0 aliphatic carbocycles. The standard InChI is InChI=1S/C14H17N3OS/c1-10-8-11(2)16-14(15-10)17-5-6-18-12(9-17)13-4-3-7-19-13/h3-4,7-8,12H,5-6,9H2,1-2H3. The number of ether oxygens (including phenoxy) is 1. The van der Waals surface area contributed by atoms with Gasteiger partial charge in [-0.25, -0.2) is 9.97 Å². The minimum Gasteiger partial charge on any atom is -0.369 e. The molecule has 5 heteroatoms. The van der Waals surface area contributed by atoms with E-state index in [1.807, 2.05) is 19.9 Å². The first-order valence-corrected chi connectivity index (χ1v) is 7.32. The minimum absolute atomic E-state index is 0.137. The fourth-order valence-electron chi connectivity index (χ4n) is 2.33. The Labute approximate surface area is 117 Å². The van der Waals surface area contributed by atoms with Crippen molar-refractivity contribution in [3.8, 4) is 0 Å². The molecule has 0 N–H and O–H groups in total. The normalized spacial score (nSPS) is 19.7. The van der Waals surface area contributed by atoms with Gasteiger partial charge in [0, 0.05) is 22.8 Å². The maximum absolute atomic E-state index is 5.85. The smallest absolute Gasteiger partial charge is 0.225 e. The van der Waals surface area contributed by atoms with Gasteiger partial charge < -0.3 is 9.64 Å². The van der Waals surface area contributed by atoms with Crippen molar-refractivity contribution in [3.05, 3.63) is 39.8 Å². The molecule has 100 valence electrons. The molecule has 1 atom stereocenters. The topological polar surface area (TPSA) is 38.2 Å². The van der Waals surface area contributed by atoms with Crippen LogP contribution in [0.25, 0.3) is 0 Å². The van der Waals surface area contributed by atoms with Gasteiger partial charge in [-0.3, -0.25) is 0 Å². The largest absolute Gasteiger partial charge is 0.369 e. The summed E-state index contributed by atoms with van der Waals surface area (Å²) in [7, 11) is 0. The second kappa shape index (κ2) is 5.27. The Bertz CT molecular complexity index is 536. The van der Waals surface area contributed by atoms with Crippen LogP contribution in [0.5, 0.6) is 0 Å². The van der Waals surface area contributed by atoms with E-state index in [-0.39, 0.29) is 6.10 Å². The molecule has 3 rings (SSSR count). The van der Waals surface area contributed by atoms with Gasteiger partial charge in [0.05, 0.1) is 13.2 Å². The minimum atomic E-state index is 0.137. The third-order valence-electron chi connectivity index (χ3n) is 3.18. The summed E-state index contributed by atoms with van der Waals surface area (Å²) in [5, 5.41) is 2.09. The molecule has 0 amide bonds. The molecule has 1 aliphatic heterocycles. The first kappa shape index (κ1) is 12.6. The fourth-order valence-corrected chi connectivity index (χ4v) is 3.09. The van der Waals surface area contributed by atoms with Gasteiger partial charge in [0.2, 0.25) is 5.95 Å². The van der Waals surface area contributed by atoms with Gasteiger partial charge in [0.1, 0.15) is 6.10 Å². The molecule has 0 bridgehead atoms. The van der Waals surface area contributed by atoms with E-state index in [1.165, 1.54) is 4.88 Å².